The van der Waals surface area contributed by atoms with Gasteiger partial charge in [0.1, 0.15) is 5.75 Å². The van der Waals surface area contributed by atoms with E-state index in [9.17, 15) is 0 Å². The lowest BCUT2D eigenvalue weighted by Gasteiger charge is -2.03. The minimum atomic E-state index is -0.0702. The molecule has 0 aromatic heterocycles. The number of phenolic OH excluding ortho intramolecular Hbond substituents is 1. The third kappa shape index (κ3) is 5.06. The molecule has 0 atom stereocenters. The van der Waals surface area contributed by atoms with E-state index in [1.54, 1.807) is 19.1 Å². The molecule has 0 aliphatic rings. The Morgan fingerprint density at radius 3 is 2.44 bits per heavy atom. The molecule has 98 valence electrons. The first-order chi connectivity index (χ1) is 8.61. The van der Waals surface area contributed by atoms with Crippen LogP contribution in [0.2, 0.25) is 0 Å². The van der Waals surface area contributed by atoms with Gasteiger partial charge in [0, 0.05) is 0 Å². The number of benzene rings is 1. The molecule has 0 saturated heterocycles. The highest BCUT2D eigenvalue weighted by Gasteiger charge is 1.96. The Kier molecular flexibility index (Phi) is 5.30. The fourth-order valence-electron chi connectivity index (χ4n) is 1.04. The van der Waals surface area contributed by atoms with E-state index in [0.29, 0.717) is 12.3 Å². The molecule has 1 aromatic rings. The summed E-state index contributed by atoms with van der Waals surface area (Å²) in [7, 11) is 0. The van der Waals surface area contributed by atoms with Crippen molar-refractivity contribution in [3.05, 3.63) is 24.3 Å². The van der Waals surface area contributed by atoms with Crippen LogP contribution in [0.4, 0.5) is 5.69 Å². The molecular formula is C11H16N4O3. The molecule has 0 bridgehead atoms. The number of hydrogen-bond acceptors (Lipinski definition) is 5. The third-order valence-corrected chi connectivity index (χ3v) is 1.81. The van der Waals surface area contributed by atoms with Crippen LogP contribution in [0.1, 0.15) is 6.92 Å². The lowest BCUT2D eigenvalue weighted by molar-refractivity contribution is 0.288. The molecule has 1 aromatic carbocycles. The number of aliphatic imine (C=N–C) groups is 2. The SMILES string of the molecule is CCO/C(N)=N/COC(N)=Nc1ccc(O)cc1. The molecule has 18 heavy (non-hydrogen) atoms. The molecule has 0 heterocycles. The second-order valence-electron chi connectivity index (χ2n) is 3.17. The quantitative estimate of drug-likeness (QED) is 0.538. The van der Waals surface area contributed by atoms with E-state index in [-0.39, 0.29) is 24.5 Å². The predicted molar refractivity (Wildman–Crippen MR) is 68.6 cm³/mol. The summed E-state index contributed by atoms with van der Waals surface area (Å²) in [6.45, 7) is 2.16. The summed E-state index contributed by atoms with van der Waals surface area (Å²) < 4.78 is 9.91. The smallest absolute Gasteiger partial charge is 0.289 e. The van der Waals surface area contributed by atoms with E-state index in [1.807, 2.05) is 0 Å². The van der Waals surface area contributed by atoms with Crippen molar-refractivity contribution >= 4 is 17.7 Å². The van der Waals surface area contributed by atoms with E-state index < -0.39 is 0 Å². The van der Waals surface area contributed by atoms with Gasteiger partial charge < -0.3 is 26.0 Å². The molecule has 7 nitrogen and oxygen atoms in total. The second kappa shape index (κ2) is 7.00. The first-order valence-corrected chi connectivity index (χ1v) is 5.30. The van der Waals surface area contributed by atoms with Gasteiger partial charge in [-0.25, -0.2) is 0 Å². The maximum absolute atomic E-state index is 9.09. The zero-order valence-corrected chi connectivity index (χ0v) is 10.0. The van der Waals surface area contributed by atoms with Crippen LogP contribution in [0.25, 0.3) is 0 Å². The first kappa shape index (κ1) is 13.6. The van der Waals surface area contributed by atoms with Crippen LogP contribution < -0.4 is 11.5 Å². The summed E-state index contributed by atoms with van der Waals surface area (Å²) in [5.74, 6) is 0.155. The second-order valence-corrected chi connectivity index (χ2v) is 3.17. The van der Waals surface area contributed by atoms with E-state index >= 15 is 0 Å². The molecule has 0 unspecified atom stereocenters. The molecule has 0 saturated carbocycles. The van der Waals surface area contributed by atoms with Gasteiger partial charge in [-0.3, -0.25) is 0 Å². The number of ether oxygens (including phenoxy) is 2. The molecule has 0 radical (unpaired) electrons. The zero-order chi connectivity index (χ0) is 13.4. The van der Waals surface area contributed by atoms with Gasteiger partial charge in [0.2, 0.25) is 0 Å². The van der Waals surface area contributed by atoms with Crippen molar-refractivity contribution in [3.63, 3.8) is 0 Å². The fourth-order valence-corrected chi connectivity index (χ4v) is 1.04. The monoisotopic (exact) mass is 252 g/mol. The van der Waals surface area contributed by atoms with Crippen molar-refractivity contribution in [2.45, 2.75) is 6.92 Å². The standard InChI is InChI=1S/C11H16N4O3/c1-2-17-10(12)14-7-18-11(13)15-8-3-5-9(16)6-4-8/h3-6,16H,2,7H2,1H3,(H2,12,14)(H2,13,15). The molecule has 0 aliphatic carbocycles. The number of nitrogens with two attached hydrogens (primary N) is 2. The maximum Gasteiger partial charge on any atom is 0.289 e. The van der Waals surface area contributed by atoms with Crippen LogP contribution in [0, 0.1) is 0 Å². The number of hydrogen-bond donors (Lipinski definition) is 3. The predicted octanol–water partition coefficient (Wildman–Crippen LogP) is 0.664. The Hall–Kier alpha value is -2.44. The molecule has 1 rings (SSSR count). The lowest BCUT2D eigenvalue weighted by Crippen LogP contribution is -2.20. The Morgan fingerprint density at radius 2 is 1.83 bits per heavy atom. The molecule has 0 spiro atoms. The van der Waals surface area contributed by atoms with Gasteiger partial charge in [-0.15, -0.1) is 0 Å². The summed E-state index contributed by atoms with van der Waals surface area (Å²) in [4.78, 5) is 7.71. The van der Waals surface area contributed by atoms with Crippen molar-refractivity contribution < 1.29 is 14.6 Å². The van der Waals surface area contributed by atoms with Crippen LogP contribution in [0.5, 0.6) is 5.75 Å². The molecular weight excluding hydrogens is 236 g/mol. The summed E-state index contributed by atoms with van der Waals surface area (Å²) in [5.41, 5.74) is 11.5. The van der Waals surface area contributed by atoms with Gasteiger partial charge >= 0.3 is 0 Å². The highest BCUT2D eigenvalue weighted by Crippen LogP contribution is 2.16. The van der Waals surface area contributed by atoms with E-state index in [4.69, 9.17) is 26.0 Å². The largest absolute Gasteiger partial charge is 0.508 e. The zero-order valence-electron chi connectivity index (χ0n) is 10.0. The average Bonchev–Trinajstić information content (AvgIpc) is 2.32. The van der Waals surface area contributed by atoms with Crippen molar-refractivity contribution in [1.29, 1.82) is 0 Å². The first-order valence-electron chi connectivity index (χ1n) is 5.30. The summed E-state index contributed by atoms with van der Waals surface area (Å²) in [6, 6.07) is 6.19. The molecule has 0 amide bonds. The van der Waals surface area contributed by atoms with Gasteiger partial charge in [-0.2, -0.15) is 9.98 Å². The highest BCUT2D eigenvalue weighted by molar-refractivity contribution is 5.75. The van der Waals surface area contributed by atoms with Gasteiger partial charge in [0.25, 0.3) is 12.0 Å². The van der Waals surface area contributed by atoms with E-state index in [1.165, 1.54) is 12.1 Å². The third-order valence-electron chi connectivity index (χ3n) is 1.81. The Bertz CT molecular complexity index is 428. The number of rotatable bonds is 4. The van der Waals surface area contributed by atoms with Gasteiger partial charge in [-0.05, 0) is 31.2 Å². The normalized spacial score (nSPS) is 12.3. The summed E-state index contributed by atoms with van der Waals surface area (Å²) >= 11 is 0. The highest BCUT2D eigenvalue weighted by atomic mass is 16.5. The van der Waals surface area contributed by atoms with E-state index in [2.05, 4.69) is 9.98 Å². The molecule has 5 N–H and O–H groups in total. The Morgan fingerprint density at radius 1 is 1.17 bits per heavy atom. The molecule has 7 heteroatoms. The maximum atomic E-state index is 9.09. The van der Waals surface area contributed by atoms with Crippen LogP contribution >= 0.6 is 0 Å². The minimum absolute atomic E-state index is 0.0370. The number of amidine groups is 2. The number of phenols is 1. The van der Waals surface area contributed by atoms with Gasteiger partial charge in [0.15, 0.2) is 6.73 Å². The van der Waals surface area contributed by atoms with Gasteiger partial charge in [0.05, 0.1) is 12.3 Å². The van der Waals surface area contributed by atoms with Crippen LogP contribution in [0.3, 0.4) is 0 Å². The van der Waals surface area contributed by atoms with Crippen molar-refractivity contribution in [1.82, 2.24) is 0 Å². The Balaban J connectivity index is 2.47. The van der Waals surface area contributed by atoms with Gasteiger partial charge in [-0.1, -0.05) is 0 Å². The topological polar surface area (TPSA) is 115 Å². The number of aromatic hydroxyl groups is 1. The summed E-state index contributed by atoms with van der Waals surface area (Å²) in [5, 5.41) is 9.09. The van der Waals surface area contributed by atoms with Crippen molar-refractivity contribution in [3.8, 4) is 5.75 Å². The van der Waals surface area contributed by atoms with Crippen LogP contribution in [-0.2, 0) is 9.47 Å². The van der Waals surface area contributed by atoms with E-state index in [0.717, 1.165) is 0 Å². The minimum Gasteiger partial charge on any atom is -0.508 e. The number of nitrogens with zero attached hydrogens (tertiary/aromatic N) is 2. The van der Waals surface area contributed by atoms with Crippen LogP contribution in [-0.4, -0.2) is 30.5 Å². The molecule has 0 fully saturated rings. The fraction of sp³-hybridized carbons (Fsp3) is 0.273. The molecule has 0 aliphatic heterocycles. The lowest BCUT2D eigenvalue weighted by atomic mass is 10.3. The van der Waals surface area contributed by atoms with Crippen molar-refractivity contribution in [2.24, 2.45) is 21.5 Å². The Labute approximate surface area is 105 Å². The average molecular weight is 252 g/mol. The summed E-state index contributed by atoms with van der Waals surface area (Å²) in [6.07, 6.45) is 0. The van der Waals surface area contributed by atoms with Crippen LogP contribution in [0.15, 0.2) is 34.3 Å². The van der Waals surface area contributed by atoms with Crippen molar-refractivity contribution in [2.75, 3.05) is 13.3 Å².